The molecule has 1 heterocycles. The Morgan fingerprint density at radius 3 is 2.75 bits per heavy atom. The predicted molar refractivity (Wildman–Crippen MR) is 67.8 cm³/mol. The third-order valence-electron chi connectivity index (χ3n) is 3.71. The number of carbonyl (C=O) groups is 1. The van der Waals surface area contributed by atoms with E-state index in [1.165, 1.54) is 25.7 Å². The second-order valence-corrected chi connectivity index (χ2v) is 5.17. The van der Waals surface area contributed by atoms with E-state index in [0.717, 1.165) is 25.4 Å². The smallest absolute Gasteiger partial charge is 0.224 e. The summed E-state index contributed by atoms with van der Waals surface area (Å²) < 4.78 is 0. The van der Waals surface area contributed by atoms with Gasteiger partial charge < -0.3 is 10.6 Å². The van der Waals surface area contributed by atoms with Gasteiger partial charge in [0.15, 0.2) is 0 Å². The van der Waals surface area contributed by atoms with Gasteiger partial charge in [-0.05, 0) is 31.7 Å². The lowest BCUT2D eigenvalue weighted by Gasteiger charge is -2.28. The van der Waals surface area contributed by atoms with Gasteiger partial charge in [-0.3, -0.25) is 4.79 Å². The molecule has 0 radical (unpaired) electrons. The molecule has 0 spiro atoms. The molecule has 0 aromatic carbocycles. The van der Waals surface area contributed by atoms with Crippen LogP contribution in [0.1, 0.15) is 39.0 Å². The number of carbonyl (C=O) groups excluding carboxylic acids is 1. The molecule has 4 heteroatoms. The molecule has 0 aromatic rings. The Morgan fingerprint density at radius 2 is 2.12 bits per heavy atom. The van der Waals surface area contributed by atoms with Crippen LogP contribution in [0.25, 0.3) is 0 Å². The summed E-state index contributed by atoms with van der Waals surface area (Å²) in [6.07, 6.45) is 5.96. The topological polar surface area (TPSA) is 41.1 Å². The zero-order chi connectivity index (χ0) is 10.7. The standard InChI is InChI=1S/C12H22N2O.ClH/c1-9-3-2-4-11(7-9)14-12(15)10-5-6-13-8-10;/h9-11,13H,2-8H2,1H3,(H,14,15);1H/t9?,10-,11?;/m0./s1. The van der Waals surface area contributed by atoms with Crippen molar-refractivity contribution in [3.63, 3.8) is 0 Å². The molecule has 2 rings (SSSR count). The summed E-state index contributed by atoms with van der Waals surface area (Å²) in [7, 11) is 0. The van der Waals surface area contributed by atoms with E-state index in [9.17, 15) is 4.79 Å². The van der Waals surface area contributed by atoms with E-state index in [1.807, 2.05) is 0 Å². The molecule has 94 valence electrons. The molecule has 1 amide bonds. The molecule has 1 saturated heterocycles. The Bertz CT molecular complexity index is 229. The van der Waals surface area contributed by atoms with Crippen molar-refractivity contribution in [3.05, 3.63) is 0 Å². The molecule has 1 aliphatic heterocycles. The zero-order valence-corrected chi connectivity index (χ0v) is 10.8. The molecular formula is C12H23ClN2O. The highest BCUT2D eigenvalue weighted by Crippen LogP contribution is 2.23. The second-order valence-electron chi connectivity index (χ2n) is 5.17. The molecule has 0 aromatic heterocycles. The number of hydrogen-bond donors (Lipinski definition) is 2. The van der Waals surface area contributed by atoms with Crippen molar-refractivity contribution in [2.75, 3.05) is 13.1 Å². The average Bonchev–Trinajstić information content (AvgIpc) is 2.70. The fourth-order valence-electron chi connectivity index (χ4n) is 2.76. The molecule has 2 unspecified atom stereocenters. The predicted octanol–water partition coefficient (Wildman–Crippen LogP) is 1.71. The highest BCUT2D eigenvalue weighted by atomic mass is 35.5. The van der Waals surface area contributed by atoms with Crippen molar-refractivity contribution in [3.8, 4) is 0 Å². The second kappa shape index (κ2) is 6.45. The zero-order valence-electron chi connectivity index (χ0n) is 10.00. The van der Waals surface area contributed by atoms with Gasteiger partial charge in [-0.25, -0.2) is 0 Å². The monoisotopic (exact) mass is 246 g/mol. The maximum Gasteiger partial charge on any atom is 0.224 e. The molecule has 16 heavy (non-hydrogen) atoms. The van der Waals surface area contributed by atoms with Gasteiger partial charge in [0.25, 0.3) is 0 Å². The lowest BCUT2D eigenvalue weighted by molar-refractivity contribution is -0.125. The first-order valence-electron chi connectivity index (χ1n) is 6.27. The van der Waals surface area contributed by atoms with Gasteiger partial charge in [-0.15, -0.1) is 12.4 Å². The Kier molecular flexibility index (Phi) is 5.56. The van der Waals surface area contributed by atoms with Crippen LogP contribution < -0.4 is 10.6 Å². The molecular weight excluding hydrogens is 224 g/mol. The lowest BCUT2D eigenvalue weighted by atomic mass is 9.87. The molecule has 2 fully saturated rings. The van der Waals surface area contributed by atoms with Crippen molar-refractivity contribution in [1.82, 2.24) is 10.6 Å². The van der Waals surface area contributed by atoms with Crippen molar-refractivity contribution in [2.45, 2.75) is 45.1 Å². The maximum absolute atomic E-state index is 11.9. The number of nitrogens with one attached hydrogen (secondary N) is 2. The van der Waals surface area contributed by atoms with Crippen LogP contribution in [0.2, 0.25) is 0 Å². The van der Waals surface area contributed by atoms with E-state index >= 15 is 0 Å². The average molecular weight is 247 g/mol. The lowest BCUT2D eigenvalue weighted by Crippen LogP contribution is -2.41. The van der Waals surface area contributed by atoms with Crippen LogP contribution in [0.4, 0.5) is 0 Å². The van der Waals surface area contributed by atoms with Crippen molar-refractivity contribution in [2.24, 2.45) is 11.8 Å². The van der Waals surface area contributed by atoms with E-state index in [-0.39, 0.29) is 24.2 Å². The Balaban J connectivity index is 0.00000128. The molecule has 0 bridgehead atoms. The highest BCUT2D eigenvalue weighted by molar-refractivity contribution is 5.85. The highest BCUT2D eigenvalue weighted by Gasteiger charge is 2.26. The summed E-state index contributed by atoms with van der Waals surface area (Å²) >= 11 is 0. The van der Waals surface area contributed by atoms with Crippen LogP contribution in [-0.2, 0) is 4.79 Å². The van der Waals surface area contributed by atoms with E-state index in [2.05, 4.69) is 17.6 Å². The number of hydrogen-bond acceptors (Lipinski definition) is 2. The van der Waals surface area contributed by atoms with Gasteiger partial charge in [0.1, 0.15) is 0 Å². The normalized spacial score (nSPS) is 34.2. The fourth-order valence-corrected chi connectivity index (χ4v) is 2.76. The number of halogens is 1. The van der Waals surface area contributed by atoms with Gasteiger partial charge in [0.05, 0.1) is 5.92 Å². The van der Waals surface area contributed by atoms with E-state index in [0.29, 0.717) is 6.04 Å². The SMILES string of the molecule is CC1CCCC(NC(=O)[C@H]2CCNC2)C1.Cl. The fraction of sp³-hybridized carbons (Fsp3) is 0.917. The minimum atomic E-state index is 0. The van der Waals surface area contributed by atoms with Crippen molar-refractivity contribution >= 4 is 18.3 Å². The summed E-state index contributed by atoms with van der Waals surface area (Å²) in [6.45, 7) is 4.16. The third kappa shape index (κ3) is 3.63. The minimum Gasteiger partial charge on any atom is -0.353 e. The first-order chi connectivity index (χ1) is 7.25. The van der Waals surface area contributed by atoms with Gasteiger partial charge in [-0.2, -0.15) is 0 Å². The van der Waals surface area contributed by atoms with Gasteiger partial charge in [0.2, 0.25) is 5.91 Å². The van der Waals surface area contributed by atoms with Crippen LogP contribution in [0, 0.1) is 11.8 Å². The summed E-state index contributed by atoms with van der Waals surface area (Å²) in [4.78, 5) is 11.9. The quantitative estimate of drug-likeness (QED) is 0.779. The molecule has 2 aliphatic rings. The Hall–Kier alpha value is -0.280. The molecule has 1 saturated carbocycles. The largest absolute Gasteiger partial charge is 0.353 e. The van der Waals surface area contributed by atoms with Crippen LogP contribution in [-0.4, -0.2) is 25.0 Å². The minimum absolute atomic E-state index is 0. The van der Waals surface area contributed by atoms with Gasteiger partial charge in [-0.1, -0.05) is 19.8 Å². The molecule has 3 nitrogen and oxygen atoms in total. The maximum atomic E-state index is 11.9. The third-order valence-corrected chi connectivity index (χ3v) is 3.71. The van der Waals surface area contributed by atoms with Crippen LogP contribution in [0.3, 0.4) is 0 Å². The summed E-state index contributed by atoms with van der Waals surface area (Å²) in [6, 6.07) is 0.446. The Labute approximate surface area is 104 Å². The van der Waals surface area contributed by atoms with Crippen LogP contribution in [0.5, 0.6) is 0 Å². The van der Waals surface area contributed by atoms with E-state index in [1.54, 1.807) is 0 Å². The van der Waals surface area contributed by atoms with Crippen molar-refractivity contribution < 1.29 is 4.79 Å². The first kappa shape index (κ1) is 13.8. The summed E-state index contributed by atoms with van der Waals surface area (Å²) in [5, 5.41) is 6.45. The van der Waals surface area contributed by atoms with Gasteiger partial charge >= 0.3 is 0 Å². The first-order valence-corrected chi connectivity index (χ1v) is 6.27. The molecule has 1 aliphatic carbocycles. The van der Waals surface area contributed by atoms with Crippen molar-refractivity contribution in [1.29, 1.82) is 0 Å². The number of rotatable bonds is 2. The summed E-state index contributed by atoms with van der Waals surface area (Å²) in [5.41, 5.74) is 0. The molecule has 3 atom stereocenters. The van der Waals surface area contributed by atoms with Gasteiger partial charge in [0, 0.05) is 12.6 Å². The molecule has 2 N–H and O–H groups in total. The van der Waals surface area contributed by atoms with Crippen LogP contribution >= 0.6 is 12.4 Å². The van der Waals surface area contributed by atoms with E-state index < -0.39 is 0 Å². The summed E-state index contributed by atoms with van der Waals surface area (Å²) in [5.74, 6) is 1.28. The number of amides is 1. The Morgan fingerprint density at radius 1 is 1.31 bits per heavy atom. The van der Waals surface area contributed by atoms with E-state index in [4.69, 9.17) is 0 Å². The van der Waals surface area contributed by atoms with Crippen LogP contribution in [0.15, 0.2) is 0 Å².